The van der Waals surface area contributed by atoms with E-state index in [4.69, 9.17) is 4.74 Å². The van der Waals surface area contributed by atoms with E-state index < -0.39 is 0 Å². The second-order valence-corrected chi connectivity index (χ2v) is 5.69. The highest BCUT2D eigenvalue weighted by Crippen LogP contribution is 2.24. The van der Waals surface area contributed by atoms with Gasteiger partial charge in [-0.1, -0.05) is 12.1 Å². The highest BCUT2D eigenvalue weighted by Gasteiger charge is 2.07. The van der Waals surface area contributed by atoms with E-state index in [2.05, 4.69) is 29.3 Å². The third-order valence-corrected chi connectivity index (χ3v) is 4.02. The lowest BCUT2D eigenvalue weighted by atomic mass is 10.1. The zero-order chi connectivity index (χ0) is 18.9. The van der Waals surface area contributed by atoms with Gasteiger partial charge < -0.3 is 9.64 Å². The first-order valence-corrected chi connectivity index (χ1v) is 8.56. The molecule has 0 fully saturated rings. The minimum Gasteiger partial charge on any atom is -0.496 e. The number of rotatable bonds is 8. The van der Waals surface area contributed by atoms with Crippen molar-refractivity contribution in [3.8, 4) is 5.75 Å². The van der Waals surface area contributed by atoms with E-state index in [-0.39, 0.29) is 18.1 Å². The highest BCUT2D eigenvalue weighted by molar-refractivity contribution is 5.86. The summed E-state index contributed by atoms with van der Waals surface area (Å²) in [6.07, 6.45) is 1.68. The second kappa shape index (κ2) is 9.56. The van der Waals surface area contributed by atoms with Gasteiger partial charge in [0.2, 0.25) is 5.91 Å². The molecule has 0 unspecified atom stereocenters. The summed E-state index contributed by atoms with van der Waals surface area (Å²) in [5.74, 6) is 0.0879. The van der Waals surface area contributed by atoms with Gasteiger partial charge in [-0.25, -0.2) is 9.82 Å². The van der Waals surface area contributed by atoms with Crippen LogP contribution in [0.1, 0.15) is 25.0 Å². The number of hydrazone groups is 1. The Labute approximate surface area is 153 Å². The summed E-state index contributed by atoms with van der Waals surface area (Å²) in [5, 5.41) is 3.99. The maximum atomic E-state index is 12.9. The summed E-state index contributed by atoms with van der Waals surface area (Å²) in [4.78, 5) is 14.1. The fourth-order valence-corrected chi connectivity index (χ4v) is 2.59. The van der Waals surface area contributed by atoms with E-state index in [1.54, 1.807) is 25.5 Å². The molecule has 0 heterocycles. The SMILES string of the molecule is CCN(CC)c1ccc(/C=N/NC(=O)Cc2ccc(F)cc2)c(OC)c1. The van der Waals surface area contributed by atoms with Gasteiger partial charge >= 0.3 is 0 Å². The number of anilines is 1. The fourth-order valence-electron chi connectivity index (χ4n) is 2.59. The van der Waals surface area contributed by atoms with Crippen LogP contribution in [0.5, 0.6) is 5.75 Å². The first kappa shape index (κ1) is 19.4. The van der Waals surface area contributed by atoms with Crippen LogP contribution in [0.2, 0.25) is 0 Å². The third kappa shape index (κ3) is 5.31. The monoisotopic (exact) mass is 357 g/mol. The fraction of sp³-hybridized carbons (Fsp3) is 0.300. The zero-order valence-electron chi connectivity index (χ0n) is 15.3. The number of hydrogen-bond donors (Lipinski definition) is 1. The Morgan fingerprint density at radius 2 is 1.88 bits per heavy atom. The zero-order valence-corrected chi connectivity index (χ0v) is 15.3. The summed E-state index contributed by atoms with van der Waals surface area (Å²) in [5.41, 5.74) is 5.04. The van der Waals surface area contributed by atoms with Gasteiger partial charge in [-0.05, 0) is 43.7 Å². The lowest BCUT2D eigenvalue weighted by Crippen LogP contribution is -2.22. The molecular formula is C20H24FN3O2. The van der Waals surface area contributed by atoms with Crippen LogP contribution < -0.4 is 15.1 Å². The summed E-state index contributed by atoms with van der Waals surface area (Å²) in [6, 6.07) is 11.7. The predicted molar refractivity (Wildman–Crippen MR) is 102 cm³/mol. The number of carbonyl (C=O) groups excluding carboxylic acids is 1. The minimum absolute atomic E-state index is 0.135. The van der Waals surface area contributed by atoms with Gasteiger partial charge in [-0.3, -0.25) is 4.79 Å². The molecule has 2 aromatic rings. The van der Waals surface area contributed by atoms with Crippen molar-refractivity contribution in [2.24, 2.45) is 5.10 Å². The number of benzene rings is 2. The van der Waals surface area contributed by atoms with Gasteiger partial charge in [0.05, 0.1) is 19.7 Å². The molecule has 2 rings (SSSR count). The van der Waals surface area contributed by atoms with Crippen LogP contribution >= 0.6 is 0 Å². The topological polar surface area (TPSA) is 53.9 Å². The minimum atomic E-state index is -0.326. The first-order valence-electron chi connectivity index (χ1n) is 8.56. The quantitative estimate of drug-likeness (QED) is 0.582. The molecule has 6 heteroatoms. The molecule has 0 radical (unpaired) electrons. The summed E-state index contributed by atoms with van der Waals surface area (Å²) >= 11 is 0. The number of amides is 1. The van der Waals surface area contributed by atoms with Crippen molar-refractivity contribution >= 4 is 17.8 Å². The van der Waals surface area contributed by atoms with Gasteiger partial charge in [0.15, 0.2) is 0 Å². The van der Waals surface area contributed by atoms with E-state index in [0.717, 1.165) is 29.9 Å². The van der Waals surface area contributed by atoms with E-state index in [1.807, 2.05) is 18.2 Å². The van der Waals surface area contributed by atoms with Crippen LogP contribution in [-0.2, 0) is 11.2 Å². The predicted octanol–water partition coefficient (Wildman–Crippen LogP) is 3.37. The number of halogens is 1. The molecule has 0 saturated carbocycles. The molecule has 2 aromatic carbocycles. The molecule has 0 spiro atoms. The molecule has 0 aliphatic rings. The van der Waals surface area contributed by atoms with Crippen molar-refractivity contribution in [2.45, 2.75) is 20.3 Å². The van der Waals surface area contributed by atoms with Gasteiger partial charge in [-0.15, -0.1) is 0 Å². The number of hydrogen-bond acceptors (Lipinski definition) is 4. The Morgan fingerprint density at radius 1 is 1.19 bits per heavy atom. The normalized spacial score (nSPS) is 10.8. The molecule has 1 N–H and O–H groups in total. The van der Waals surface area contributed by atoms with Crippen LogP contribution in [0.4, 0.5) is 10.1 Å². The molecule has 0 aliphatic carbocycles. The number of ether oxygens (including phenoxy) is 1. The molecule has 1 amide bonds. The van der Waals surface area contributed by atoms with Gasteiger partial charge in [-0.2, -0.15) is 5.10 Å². The first-order chi connectivity index (χ1) is 12.6. The van der Waals surface area contributed by atoms with Gasteiger partial charge in [0.1, 0.15) is 11.6 Å². The molecule has 138 valence electrons. The van der Waals surface area contributed by atoms with Crippen molar-refractivity contribution in [3.63, 3.8) is 0 Å². The smallest absolute Gasteiger partial charge is 0.244 e. The Morgan fingerprint density at radius 3 is 2.50 bits per heavy atom. The lowest BCUT2D eigenvalue weighted by Gasteiger charge is -2.21. The molecule has 0 atom stereocenters. The number of nitrogens with zero attached hydrogens (tertiary/aromatic N) is 2. The van der Waals surface area contributed by atoms with E-state index >= 15 is 0 Å². The largest absolute Gasteiger partial charge is 0.496 e. The van der Waals surface area contributed by atoms with E-state index in [0.29, 0.717) is 5.75 Å². The molecule has 0 aliphatic heterocycles. The Hall–Kier alpha value is -2.89. The van der Waals surface area contributed by atoms with Crippen LogP contribution in [0.3, 0.4) is 0 Å². The van der Waals surface area contributed by atoms with Gasteiger partial charge in [0, 0.05) is 30.4 Å². The van der Waals surface area contributed by atoms with Crippen molar-refractivity contribution in [1.82, 2.24) is 5.43 Å². The number of nitrogens with one attached hydrogen (secondary N) is 1. The summed E-state index contributed by atoms with van der Waals surface area (Å²) in [7, 11) is 1.60. The molecule has 0 bridgehead atoms. The third-order valence-electron chi connectivity index (χ3n) is 4.02. The highest BCUT2D eigenvalue weighted by atomic mass is 19.1. The molecule has 0 aromatic heterocycles. The molecule has 26 heavy (non-hydrogen) atoms. The van der Waals surface area contributed by atoms with E-state index in [9.17, 15) is 9.18 Å². The average molecular weight is 357 g/mol. The number of carbonyl (C=O) groups is 1. The number of methoxy groups -OCH3 is 1. The Bertz CT molecular complexity index is 756. The Balaban J connectivity index is 2.00. The standard InChI is InChI=1S/C20H24FN3O2/c1-4-24(5-2)18-11-8-16(19(13-18)26-3)14-22-23-20(25)12-15-6-9-17(21)10-7-15/h6-11,13-14H,4-5,12H2,1-3H3,(H,23,25)/b22-14+. The van der Waals surface area contributed by atoms with Crippen LogP contribution in [-0.4, -0.2) is 32.3 Å². The maximum Gasteiger partial charge on any atom is 0.244 e. The average Bonchev–Trinajstić information content (AvgIpc) is 2.65. The molecular weight excluding hydrogens is 333 g/mol. The van der Waals surface area contributed by atoms with Crippen molar-refractivity contribution in [1.29, 1.82) is 0 Å². The van der Waals surface area contributed by atoms with Crippen LogP contribution in [0.25, 0.3) is 0 Å². The van der Waals surface area contributed by atoms with Gasteiger partial charge in [0.25, 0.3) is 0 Å². The van der Waals surface area contributed by atoms with Crippen LogP contribution in [0.15, 0.2) is 47.6 Å². The van der Waals surface area contributed by atoms with Crippen molar-refractivity contribution in [3.05, 3.63) is 59.4 Å². The van der Waals surface area contributed by atoms with Crippen LogP contribution in [0, 0.1) is 5.82 Å². The summed E-state index contributed by atoms with van der Waals surface area (Å²) in [6.45, 7) is 6.02. The Kier molecular flexibility index (Phi) is 7.14. The van der Waals surface area contributed by atoms with E-state index in [1.165, 1.54) is 12.1 Å². The summed E-state index contributed by atoms with van der Waals surface area (Å²) < 4.78 is 18.3. The molecule has 0 saturated heterocycles. The van der Waals surface area contributed by atoms with Crippen molar-refractivity contribution in [2.75, 3.05) is 25.1 Å². The molecule has 5 nitrogen and oxygen atoms in total. The maximum absolute atomic E-state index is 12.9. The second-order valence-electron chi connectivity index (χ2n) is 5.69. The van der Waals surface area contributed by atoms with Crippen molar-refractivity contribution < 1.29 is 13.9 Å². The lowest BCUT2D eigenvalue weighted by molar-refractivity contribution is -0.120.